The fourth-order valence-electron chi connectivity index (χ4n) is 1.30. The van der Waals surface area contributed by atoms with Gasteiger partial charge in [-0.1, -0.05) is 0 Å². The van der Waals surface area contributed by atoms with Crippen molar-refractivity contribution in [3.05, 3.63) is 28.1 Å². The van der Waals surface area contributed by atoms with Crippen molar-refractivity contribution in [1.82, 2.24) is 9.97 Å². The van der Waals surface area contributed by atoms with E-state index in [4.69, 9.17) is 5.73 Å². The lowest BCUT2D eigenvalue weighted by Crippen LogP contribution is -1.97. The third kappa shape index (κ3) is 1.61. The molecule has 0 bridgehead atoms. The molecule has 0 saturated heterocycles. The molecule has 0 aromatic carbocycles. The quantitative estimate of drug-likeness (QED) is 0.777. The molecule has 0 radical (unpaired) electrons. The van der Waals surface area contributed by atoms with Crippen molar-refractivity contribution in [2.75, 3.05) is 5.73 Å². The second-order valence-electron chi connectivity index (χ2n) is 3.23. The number of nitrogens with zero attached hydrogens (tertiary/aromatic N) is 2. The first-order valence-corrected chi connectivity index (χ1v) is 5.25. The Balaban J connectivity index is 2.57. The van der Waals surface area contributed by atoms with Crippen LogP contribution in [-0.4, -0.2) is 9.97 Å². The SMILES string of the molecule is Cc1cc(N)nc(-c2cscc2C)n1. The number of aromatic nitrogens is 2. The highest BCUT2D eigenvalue weighted by Crippen LogP contribution is 2.24. The van der Waals surface area contributed by atoms with Crippen LogP contribution in [0.15, 0.2) is 16.8 Å². The summed E-state index contributed by atoms with van der Waals surface area (Å²) in [5.74, 6) is 1.25. The van der Waals surface area contributed by atoms with Gasteiger partial charge >= 0.3 is 0 Å². The summed E-state index contributed by atoms with van der Waals surface area (Å²) in [7, 11) is 0. The highest BCUT2D eigenvalue weighted by atomic mass is 32.1. The molecule has 2 aromatic heterocycles. The van der Waals surface area contributed by atoms with Gasteiger partial charge in [0.25, 0.3) is 0 Å². The minimum Gasteiger partial charge on any atom is -0.384 e. The zero-order valence-electron chi connectivity index (χ0n) is 8.11. The van der Waals surface area contributed by atoms with Gasteiger partial charge in [0, 0.05) is 22.7 Å². The Bertz CT molecular complexity index is 442. The minimum atomic E-state index is 0.526. The first-order chi connectivity index (χ1) is 6.66. The van der Waals surface area contributed by atoms with Crippen LogP contribution in [0.5, 0.6) is 0 Å². The topological polar surface area (TPSA) is 51.8 Å². The molecule has 0 saturated carbocycles. The number of nitrogen functional groups attached to an aromatic ring is 1. The largest absolute Gasteiger partial charge is 0.384 e. The summed E-state index contributed by atoms with van der Waals surface area (Å²) < 4.78 is 0. The van der Waals surface area contributed by atoms with Gasteiger partial charge in [0.15, 0.2) is 5.82 Å². The van der Waals surface area contributed by atoms with E-state index in [1.165, 1.54) is 5.56 Å². The summed E-state index contributed by atoms with van der Waals surface area (Å²) in [5.41, 5.74) is 8.84. The average molecular weight is 205 g/mol. The van der Waals surface area contributed by atoms with E-state index in [0.29, 0.717) is 5.82 Å². The van der Waals surface area contributed by atoms with E-state index in [9.17, 15) is 0 Å². The van der Waals surface area contributed by atoms with E-state index >= 15 is 0 Å². The van der Waals surface area contributed by atoms with Crippen molar-refractivity contribution >= 4 is 17.2 Å². The molecule has 0 aliphatic rings. The number of hydrogen-bond donors (Lipinski definition) is 1. The van der Waals surface area contributed by atoms with E-state index in [1.807, 2.05) is 19.2 Å². The summed E-state index contributed by atoms with van der Waals surface area (Å²) in [5, 5.41) is 4.13. The van der Waals surface area contributed by atoms with Gasteiger partial charge in [0.1, 0.15) is 5.82 Å². The Kier molecular flexibility index (Phi) is 2.21. The molecule has 0 amide bonds. The van der Waals surface area contributed by atoms with Crippen LogP contribution in [0.2, 0.25) is 0 Å². The number of thiophene rings is 1. The second-order valence-corrected chi connectivity index (χ2v) is 3.97. The predicted molar refractivity (Wildman–Crippen MR) is 59.2 cm³/mol. The lowest BCUT2D eigenvalue weighted by atomic mass is 10.2. The van der Waals surface area contributed by atoms with E-state index in [2.05, 4.69) is 15.3 Å². The maximum atomic E-state index is 5.67. The van der Waals surface area contributed by atoms with Crippen LogP contribution in [0.1, 0.15) is 11.3 Å². The van der Waals surface area contributed by atoms with Gasteiger partial charge in [-0.15, -0.1) is 0 Å². The first kappa shape index (κ1) is 9.15. The fraction of sp³-hybridized carbons (Fsp3) is 0.200. The lowest BCUT2D eigenvalue weighted by Gasteiger charge is -2.01. The molecule has 0 atom stereocenters. The third-order valence-electron chi connectivity index (χ3n) is 1.97. The molecule has 0 spiro atoms. The van der Waals surface area contributed by atoms with Gasteiger partial charge in [-0.25, -0.2) is 9.97 Å². The molecule has 2 rings (SSSR count). The molecule has 4 heteroatoms. The number of nitrogens with two attached hydrogens (primary N) is 1. The summed E-state index contributed by atoms with van der Waals surface area (Å²) in [6.07, 6.45) is 0. The number of hydrogen-bond acceptors (Lipinski definition) is 4. The fourth-order valence-corrected chi connectivity index (χ4v) is 2.13. The van der Waals surface area contributed by atoms with Gasteiger partial charge in [0.05, 0.1) is 0 Å². The second kappa shape index (κ2) is 3.38. The Morgan fingerprint density at radius 1 is 1.21 bits per heavy atom. The Morgan fingerprint density at radius 2 is 2.00 bits per heavy atom. The van der Waals surface area contributed by atoms with Crippen LogP contribution in [0, 0.1) is 13.8 Å². The molecule has 2 N–H and O–H groups in total. The van der Waals surface area contributed by atoms with Crippen molar-refractivity contribution in [2.24, 2.45) is 0 Å². The van der Waals surface area contributed by atoms with Gasteiger partial charge in [-0.05, 0) is 24.8 Å². The van der Waals surface area contributed by atoms with Crippen LogP contribution in [0.4, 0.5) is 5.82 Å². The van der Waals surface area contributed by atoms with Crippen molar-refractivity contribution in [3.8, 4) is 11.4 Å². The van der Waals surface area contributed by atoms with Crippen LogP contribution in [0.3, 0.4) is 0 Å². The molecule has 0 fully saturated rings. The van der Waals surface area contributed by atoms with Crippen molar-refractivity contribution in [2.45, 2.75) is 13.8 Å². The number of aryl methyl sites for hydroxylation is 2. The van der Waals surface area contributed by atoms with Crippen molar-refractivity contribution in [1.29, 1.82) is 0 Å². The Morgan fingerprint density at radius 3 is 2.57 bits per heavy atom. The standard InChI is InChI=1S/C10H11N3S/c1-6-4-14-5-8(6)10-12-7(2)3-9(11)13-10/h3-5H,1-2H3,(H2,11,12,13). The van der Waals surface area contributed by atoms with Crippen LogP contribution in [-0.2, 0) is 0 Å². The number of rotatable bonds is 1. The van der Waals surface area contributed by atoms with Gasteiger partial charge in [-0.3, -0.25) is 0 Å². The first-order valence-electron chi connectivity index (χ1n) is 4.31. The smallest absolute Gasteiger partial charge is 0.162 e. The van der Waals surface area contributed by atoms with Crippen LogP contribution >= 0.6 is 11.3 Å². The Labute approximate surface area is 86.6 Å². The zero-order valence-corrected chi connectivity index (χ0v) is 8.93. The molecular weight excluding hydrogens is 194 g/mol. The Hall–Kier alpha value is -1.42. The zero-order chi connectivity index (χ0) is 10.1. The summed E-state index contributed by atoms with van der Waals surface area (Å²) >= 11 is 1.65. The maximum Gasteiger partial charge on any atom is 0.162 e. The van der Waals surface area contributed by atoms with Crippen LogP contribution in [0.25, 0.3) is 11.4 Å². The minimum absolute atomic E-state index is 0.526. The maximum absolute atomic E-state index is 5.67. The molecule has 0 aliphatic carbocycles. The van der Waals surface area contributed by atoms with Crippen LogP contribution < -0.4 is 5.73 Å². The molecule has 3 nitrogen and oxygen atoms in total. The molecular formula is C10H11N3S. The molecule has 72 valence electrons. The molecule has 2 aromatic rings. The summed E-state index contributed by atoms with van der Waals surface area (Å²) in [6.45, 7) is 3.97. The van der Waals surface area contributed by atoms with Crippen molar-refractivity contribution < 1.29 is 0 Å². The third-order valence-corrected chi connectivity index (χ3v) is 2.83. The summed E-state index contributed by atoms with van der Waals surface area (Å²) in [4.78, 5) is 8.56. The molecule has 0 unspecified atom stereocenters. The lowest BCUT2D eigenvalue weighted by molar-refractivity contribution is 1.12. The average Bonchev–Trinajstić information content (AvgIpc) is 2.49. The van der Waals surface area contributed by atoms with E-state index in [1.54, 1.807) is 17.4 Å². The predicted octanol–water partition coefficient (Wildman–Crippen LogP) is 2.40. The molecule has 14 heavy (non-hydrogen) atoms. The summed E-state index contributed by atoms with van der Waals surface area (Å²) in [6, 6.07) is 1.77. The van der Waals surface area contributed by atoms with Gasteiger partial charge < -0.3 is 5.73 Å². The molecule has 2 heterocycles. The highest BCUT2D eigenvalue weighted by molar-refractivity contribution is 7.08. The normalized spacial score (nSPS) is 10.4. The number of anilines is 1. The highest BCUT2D eigenvalue weighted by Gasteiger charge is 2.06. The van der Waals surface area contributed by atoms with Gasteiger partial charge in [-0.2, -0.15) is 11.3 Å². The molecule has 0 aliphatic heterocycles. The van der Waals surface area contributed by atoms with E-state index in [0.717, 1.165) is 17.1 Å². The van der Waals surface area contributed by atoms with Crippen molar-refractivity contribution in [3.63, 3.8) is 0 Å². The van der Waals surface area contributed by atoms with E-state index in [-0.39, 0.29) is 0 Å². The van der Waals surface area contributed by atoms with Gasteiger partial charge in [0.2, 0.25) is 0 Å². The monoisotopic (exact) mass is 205 g/mol. The van der Waals surface area contributed by atoms with E-state index < -0.39 is 0 Å².